The van der Waals surface area contributed by atoms with Crippen LogP contribution in [0.4, 0.5) is 5.69 Å². The first-order valence-corrected chi connectivity index (χ1v) is 9.65. The molecule has 3 aromatic carbocycles. The molecule has 0 atom stereocenters. The van der Waals surface area contributed by atoms with Gasteiger partial charge < -0.3 is 10.1 Å². The van der Waals surface area contributed by atoms with E-state index in [1.165, 1.54) is 5.56 Å². The van der Waals surface area contributed by atoms with Gasteiger partial charge >= 0.3 is 5.97 Å². The molecule has 3 rings (SSSR count). The highest BCUT2D eigenvalue weighted by Crippen LogP contribution is 2.19. The van der Waals surface area contributed by atoms with Gasteiger partial charge in [0.05, 0.1) is 0 Å². The number of nitrogens with one attached hydrogen (secondary N) is 1. The SMILES string of the molecule is Cc1ccc(CCC(=O)Oc2ccc(C(=O)Nc3ccc(C)cc3C)cc2)cc1. The third kappa shape index (κ3) is 5.79. The first-order valence-electron chi connectivity index (χ1n) is 9.65. The van der Waals surface area contributed by atoms with Crippen molar-refractivity contribution >= 4 is 17.6 Å². The summed E-state index contributed by atoms with van der Waals surface area (Å²) >= 11 is 0. The molecule has 0 aliphatic heterocycles. The van der Waals surface area contributed by atoms with Gasteiger partial charge in [0.2, 0.25) is 0 Å². The molecule has 1 amide bonds. The number of esters is 1. The Morgan fingerprint density at radius 3 is 2.14 bits per heavy atom. The van der Waals surface area contributed by atoms with Crippen LogP contribution in [0.15, 0.2) is 66.7 Å². The number of hydrogen-bond acceptors (Lipinski definition) is 3. The lowest BCUT2D eigenvalue weighted by molar-refractivity contribution is -0.134. The van der Waals surface area contributed by atoms with E-state index >= 15 is 0 Å². The lowest BCUT2D eigenvalue weighted by Gasteiger charge is -2.10. The number of carbonyl (C=O) groups is 2. The van der Waals surface area contributed by atoms with Crippen molar-refractivity contribution in [3.8, 4) is 5.75 Å². The van der Waals surface area contributed by atoms with Crippen molar-refractivity contribution < 1.29 is 14.3 Å². The van der Waals surface area contributed by atoms with Crippen LogP contribution >= 0.6 is 0 Å². The minimum Gasteiger partial charge on any atom is -0.427 e. The number of amides is 1. The third-order valence-electron chi connectivity index (χ3n) is 4.72. The molecule has 0 aliphatic rings. The molecule has 4 heteroatoms. The predicted molar refractivity (Wildman–Crippen MR) is 115 cm³/mol. The van der Waals surface area contributed by atoms with Gasteiger partial charge in [-0.25, -0.2) is 0 Å². The molecule has 0 aromatic heterocycles. The molecule has 0 aliphatic carbocycles. The van der Waals surface area contributed by atoms with Crippen LogP contribution in [0.5, 0.6) is 5.75 Å². The Bertz CT molecular complexity index is 1010. The number of anilines is 1. The van der Waals surface area contributed by atoms with Crippen molar-refractivity contribution in [2.75, 3.05) is 5.32 Å². The molecule has 0 unspecified atom stereocenters. The molecule has 0 saturated carbocycles. The van der Waals surface area contributed by atoms with Crippen LogP contribution in [0.1, 0.15) is 39.0 Å². The van der Waals surface area contributed by atoms with Crippen LogP contribution in [0.2, 0.25) is 0 Å². The van der Waals surface area contributed by atoms with Crippen LogP contribution in [0, 0.1) is 20.8 Å². The third-order valence-corrected chi connectivity index (χ3v) is 4.72. The molecule has 1 N–H and O–H groups in total. The summed E-state index contributed by atoms with van der Waals surface area (Å²) in [5, 5.41) is 2.91. The second-order valence-electron chi connectivity index (χ2n) is 7.26. The fourth-order valence-corrected chi connectivity index (χ4v) is 3.01. The molecule has 0 bridgehead atoms. The van der Waals surface area contributed by atoms with E-state index in [2.05, 4.69) is 5.32 Å². The van der Waals surface area contributed by atoms with Gasteiger partial charge in [-0.15, -0.1) is 0 Å². The van der Waals surface area contributed by atoms with E-state index in [4.69, 9.17) is 4.74 Å². The highest BCUT2D eigenvalue weighted by atomic mass is 16.5. The zero-order valence-electron chi connectivity index (χ0n) is 17.0. The number of carbonyl (C=O) groups excluding carboxylic acids is 2. The topological polar surface area (TPSA) is 55.4 Å². The van der Waals surface area contributed by atoms with Crippen LogP contribution < -0.4 is 10.1 Å². The summed E-state index contributed by atoms with van der Waals surface area (Å²) in [5.74, 6) is -0.0609. The summed E-state index contributed by atoms with van der Waals surface area (Å²) in [6.45, 7) is 6.01. The number of benzene rings is 3. The summed E-state index contributed by atoms with van der Waals surface area (Å²) in [6, 6.07) is 20.6. The van der Waals surface area contributed by atoms with Gasteiger partial charge in [-0.05, 0) is 68.7 Å². The average molecular weight is 387 g/mol. The maximum Gasteiger partial charge on any atom is 0.311 e. The Hall–Kier alpha value is -3.40. The summed E-state index contributed by atoms with van der Waals surface area (Å²) < 4.78 is 5.37. The largest absolute Gasteiger partial charge is 0.427 e. The maximum absolute atomic E-state index is 12.4. The minimum atomic E-state index is -0.293. The smallest absolute Gasteiger partial charge is 0.311 e. The van der Waals surface area contributed by atoms with Crippen molar-refractivity contribution in [2.45, 2.75) is 33.6 Å². The molecule has 4 nitrogen and oxygen atoms in total. The standard InChI is InChI=1S/C25H25NO3/c1-17-4-7-20(8-5-17)9-15-24(27)29-22-12-10-21(11-13-22)25(28)26-23-14-6-18(2)16-19(23)3/h4-8,10-14,16H,9,15H2,1-3H3,(H,26,28). The first kappa shape index (κ1) is 20.3. The molecule has 29 heavy (non-hydrogen) atoms. The van der Waals surface area contributed by atoms with Gasteiger partial charge in [-0.2, -0.15) is 0 Å². The van der Waals surface area contributed by atoms with E-state index in [-0.39, 0.29) is 11.9 Å². The van der Waals surface area contributed by atoms with Gasteiger partial charge in [0.15, 0.2) is 0 Å². The molecule has 148 valence electrons. The number of rotatable bonds is 6. The molecule has 0 fully saturated rings. The predicted octanol–water partition coefficient (Wildman–Crippen LogP) is 5.40. The Morgan fingerprint density at radius 2 is 1.48 bits per heavy atom. The molecule has 0 spiro atoms. The minimum absolute atomic E-state index is 0.200. The van der Waals surface area contributed by atoms with E-state index in [9.17, 15) is 9.59 Å². The second-order valence-corrected chi connectivity index (χ2v) is 7.26. The number of aryl methyl sites for hydroxylation is 4. The Morgan fingerprint density at radius 1 is 0.828 bits per heavy atom. The number of ether oxygens (including phenoxy) is 1. The first-order chi connectivity index (χ1) is 13.9. The van der Waals surface area contributed by atoms with Gasteiger partial charge in [-0.1, -0.05) is 47.5 Å². The summed E-state index contributed by atoms with van der Waals surface area (Å²) in [4.78, 5) is 24.5. The van der Waals surface area contributed by atoms with E-state index in [0.717, 1.165) is 22.4 Å². The van der Waals surface area contributed by atoms with E-state index in [1.807, 2.05) is 63.2 Å². The van der Waals surface area contributed by atoms with Gasteiger partial charge in [0, 0.05) is 17.7 Å². The van der Waals surface area contributed by atoms with Gasteiger partial charge in [-0.3, -0.25) is 9.59 Å². The summed E-state index contributed by atoms with van der Waals surface area (Å²) in [7, 11) is 0. The summed E-state index contributed by atoms with van der Waals surface area (Å²) in [5.41, 5.74) is 5.74. The van der Waals surface area contributed by atoms with Gasteiger partial charge in [0.25, 0.3) is 5.91 Å². The zero-order chi connectivity index (χ0) is 20.8. The van der Waals surface area contributed by atoms with Crippen LogP contribution in [0.3, 0.4) is 0 Å². The maximum atomic E-state index is 12.4. The quantitative estimate of drug-likeness (QED) is 0.455. The van der Waals surface area contributed by atoms with Crippen molar-refractivity contribution in [2.24, 2.45) is 0 Å². The average Bonchev–Trinajstić information content (AvgIpc) is 2.70. The van der Waals surface area contributed by atoms with Crippen molar-refractivity contribution in [1.29, 1.82) is 0 Å². The molecule has 0 heterocycles. The van der Waals surface area contributed by atoms with E-state index in [0.29, 0.717) is 24.2 Å². The van der Waals surface area contributed by atoms with Crippen LogP contribution in [0.25, 0.3) is 0 Å². The van der Waals surface area contributed by atoms with Crippen molar-refractivity contribution in [3.63, 3.8) is 0 Å². The Kier molecular flexibility index (Phi) is 6.45. The normalized spacial score (nSPS) is 10.4. The van der Waals surface area contributed by atoms with Crippen LogP contribution in [-0.4, -0.2) is 11.9 Å². The second kappa shape index (κ2) is 9.20. The molecule has 3 aromatic rings. The highest BCUT2D eigenvalue weighted by molar-refractivity contribution is 6.04. The van der Waals surface area contributed by atoms with Crippen molar-refractivity contribution in [1.82, 2.24) is 0 Å². The lowest BCUT2D eigenvalue weighted by Crippen LogP contribution is -2.13. The molecule has 0 saturated heterocycles. The Balaban J connectivity index is 1.54. The zero-order valence-corrected chi connectivity index (χ0v) is 17.0. The van der Waals surface area contributed by atoms with E-state index in [1.54, 1.807) is 24.3 Å². The molecule has 0 radical (unpaired) electrons. The van der Waals surface area contributed by atoms with Gasteiger partial charge in [0.1, 0.15) is 5.75 Å². The van der Waals surface area contributed by atoms with Crippen LogP contribution in [-0.2, 0) is 11.2 Å². The fraction of sp³-hybridized carbons (Fsp3) is 0.200. The highest BCUT2D eigenvalue weighted by Gasteiger charge is 2.10. The van der Waals surface area contributed by atoms with E-state index < -0.39 is 0 Å². The Labute approximate surface area is 171 Å². The molecular formula is C25H25NO3. The summed E-state index contributed by atoms with van der Waals surface area (Å²) in [6.07, 6.45) is 0.938. The lowest BCUT2D eigenvalue weighted by atomic mass is 10.1. The monoisotopic (exact) mass is 387 g/mol. The fourth-order valence-electron chi connectivity index (χ4n) is 3.01. The number of hydrogen-bond donors (Lipinski definition) is 1. The van der Waals surface area contributed by atoms with Crippen molar-refractivity contribution in [3.05, 3.63) is 94.5 Å². The molecular weight excluding hydrogens is 362 g/mol.